The third kappa shape index (κ3) is 2.62. The molecule has 0 aliphatic carbocycles. The van der Waals surface area contributed by atoms with Crippen molar-refractivity contribution in [3.05, 3.63) is 48.5 Å². The first kappa shape index (κ1) is 12.2. The number of hydrogen-bond donors (Lipinski definition) is 3. The number of aliphatic hydroxyl groups is 1. The SMILES string of the molecule is O[C@@H]1CNC[C@H](Oc2ccccc2)[C@@H]1c1cnc[nH]1. The van der Waals surface area contributed by atoms with E-state index in [2.05, 4.69) is 15.3 Å². The van der Waals surface area contributed by atoms with Gasteiger partial charge in [0.2, 0.25) is 0 Å². The van der Waals surface area contributed by atoms with E-state index in [1.807, 2.05) is 30.3 Å². The molecule has 5 heteroatoms. The second-order valence-electron chi connectivity index (χ2n) is 4.73. The molecule has 1 aromatic heterocycles. The third-order valence-electron chi connectivity index (χ3n) is 3.42. The van der Waals surface area contributed by atoms with Crippen molar-refractivity contribution in [3.8, 4) is 5.75 Å². The molecule has 1 aromatic carbocycles. The Morgan fingerprint density at radius 3 is 2.79 bits per heavy atom. The predicted molar refractivity (Wildman–Crippen MR) is 71.1 cm³/mol. The number of imidazole rings is 1. The van der Waals surface area contributed by atoms with E-state index >= 15 is 0 Å². The summed E-state index contributed by atoms with van der Waals surface area (Å²) in [5.41, 5.74) is 0.912. The predicted octanol–water partition coefficient (Wildman–Crippen LogP) is 0.905. The summed E-state index contributed by atoms with van der Waals surface area (Å²) >= 11 is 0. The van der Waals surface area contributed by atoms with E-state index in [1.54, 1.807) is 12.5 Å². The highest BCUT2D eigenvalue weighted by atomic mass is 16.5. The van der Waals surface area contributed by atoms with Crippen molar-refractivity contribution in [1.82, 2.24) is 15.3 Å². The second-order valence-corrected chi connectivity index (χ2v) is 4.73. The zero-order valence-electron chi connectivity index (χ0n) is 10.5. The molecule has 1 aliphatic rings. The van der Waals surface area contributed by atoms with E-state index < -0.39 is 6.10 Å². The zero-order valence-corrected chi connectivity index (χ0v) is 10.5. The van der Waals surface area contributed by atoms with Gasteiger partial charge in [-0.1, -0.05) is 18.2 Å². The van der Waals surface area contributed by atoms with E-state index in [0.29, 0.717) is 13.1 Å². The largest absolute Gasteiger partial charge is 0.488 e. The molecule has 5 nitrogen and oxygen atoms in total. The first-order valence-electron chi connectivity index (χ1n) is 6.43. The lowest BCUT2D eigenvalue weighted by Gasteiger charge is -2.35. The van der Waals surface area contributed by atoms with Crippen LogP contribution in [0.2, 0.25) is 0 Å². The topological polar surface area (TPSA) is 70.2 Å². The number of β-amino-alcohol motifs (C(OH)–C–C–N with tert-alkyl or cyclic N) is 1. The van der Waals surface area contributed by atoms with E-state index in [0.717, 1.165) is 11.4 Å². The van der Waals surface area contributed by atoms with Crippen LogP contribution in [0.15, 0.2) is 42.9 Å². The Kier molecular flexibility index (Phi) is 3.48. The molecule has 0 bridgehead atoms. The number of nitrogens with zero attached hydrogens (tertiary/aromatic N) is 1. The van der Waals surface area contributed by atoms with Crippen LogP contribution in [0, 0.1) is 0 Å². The minimum absolute atomic E-state index is 0.0936. The molecule has 19 heavy (non-hydrogen) atoms. The van der Waals surface area contributed by atoms with Crippen LogP contribution in [-0.4, -0.2) is 40.4 Å². The van der Waals surface area contributed by atoms with Crippen LogP contribution in [-0.2, 0) is 0 Å². The highest BCUT2D eigenvalue weighted by molar-refractivity contribution is 5.23. The van der Waals surface area contributed by atoms with Crippen LogP contribution >= 0.6 is 0 Å². The lowest BCUT2D eigenvalue weighted by Crippen LogP contribution is -2.51. The number of nitrogens with one attached hydrogen (secondary N) is 2. The summed E-state index contributed by atoms with van der Waals surface area (Å²) in [5.74, 6) is 0.719. The monoisotopic (exact) mass is 259 g/mol. The molecule has 3 atom stereocenters. The van der Waals surface area contributed by atoms with Crippen molar-refractivity contribution < 1.29 is 9.84 Å². The maximum atomic E-state index is 10.2. The van der Waals surface area contributed by atoms with Gasteiger partial charge in [-0.25, -0.2) is 4.98 Å². The average molecular weight is 259 g/mol. The van der Waals surface area contributed by atoms with Crippen LogP contribution in [0.3, 0.4) is 0 Å². The number of aromatic amines is 1. The first-order chi connectivity index (χ1) is 9.34. The fraction of sp³-hybridized carbons (Fsp3) is 0.357. The molecule has 1 aliphatic heterocycles. The van der Waals surface area contributed by atoms with Gasteiger partial charge in [0.1, 0.15) is 11.9 Å². The number of hydrogen-bond acceptors (Lipinski definition) is 4. The van der Waals surface area contributed by atoms with Gasteiger partial charge in [0, 0.05) is 25.0 Å². The lowest BCUT2D eigenvalue weighted by molar-refractivity contribution is 0.0378. The standard InChI is InChI=1S/C14H17N3O2/c18-12-7-15-8-13(14(12)11-6-16-9-17-11)19-10-4-2-1-3-5-10/h1-6,9,12-15,18H,7-8H2,(H,16,17)/t12-,13+,14-/m1/s1. The molecule has 0 unspecified atom stereocenters. The molecular weight excluding hydrogens is 242 g/mol. The van der Waals surface area contributed by atoms with Crippen molar-refractivity contribution in [2.75, 3.05) is 13.1 Å². The van der Waals surface area contributed by atoms with Crippen molar-refractivity contribution in [1.29, 1.82) is 0 Å². The zero-order chi connectivity index (χ0) is 13.1. The summed E-state index contributed by atoms with van der Waals surface area (Å²) in [7, 11) is 0. The number of ether oxygens (including phenoxy) is 1. The number of H-pyrrole nitrogens is 1. The minimum Gasteiger partial charge on any atom is -0.488 e. The van der Waals surface area contributed by atoms with Gasteiger partial charge < -0.3 is 20.1 Å². The van der Waals surface area contributed by atoms with Crippen LogP contribution in [0.5, 0.6) is 5.75 Å². The van der Waals surface area contributed by atoms with Crippen LogP contribution < -0.4 is 10.1 Å². The Hall–Kier alpha value is -1.85. The fourth-order valence-corrected chi connectivity index (χ4v) is 2.52. The third-order valence-corrected chi connectivity index (χ3v) is 3.42. The van der Waals surface area contributed by atoms with Gasteiger partial charge in [-0.05, 0) is 12.1 Å². The van der Waals surface area contributed by atoms with Gasteiger partial charge in [0.25, 0.3) is 0 Å². The van der Waals surface area contributed by atoms with Gasteiger partial charge in [-0.3, -0.25) is 0 Å². The van der Waals surface area contributed by atoms with Gasteiger partial charge >= 0.3 is 0 Å². The van der Waals surface area contributed by atoms with Gasteiger partial charge in [0.05, 0.1) is 18.3 Å². The fourth-order valence-electron chi connectivity index (χ4n) is 2.52. The van der Waals surface area contributed by atoms with Crippen LogP contribution in [0.25, 0.3) is 0 Å². The Morgan fingerprint density at radius 2 is 2.05 bits per heavy atom. The molecule has 2 aromatic rings. The van der Waals surface area contributed by atoms with E-state index in [-0.39, 0.29) is 12.0 Å². The normalized spacial score (nSPS) is 27.1. The number of aliphatic hydroxyl groups excluding tert-OH is 1. The minimum atomic E-state index is -0.483. The summed E-state index contributed by atoms with van der Waals surface area (Å²) in [5, 5.41) is 13.4. The molecule has 0 amide bonds. The van der Waals surface area contributed by atoms with Crippen LogP contribution in [0.4, 0.5) is 0 Å². The molecule has 1 saturated heterocycles. The van der Waals surface area contributed by atoms with E-state index in [4.69, 9.17) is 4.74 Å². The maximum Gasteiger partial charge on any atom is 0.122 e. The summed E-state index contributed by atoms with van der Waals surface area (Å²) in [6, 6.07) is 9.67. The van der Waals surface area contributed by atoms with Crippen molar-refractivity contribution in [2.45, 2.75) is 18.1 Å². The number of para-hydroxylation sites is 1. The van der Waals surface area contributed by atoms with E-state index in [9.17, 15) is 5.11 Å². The van der Waals surface area contributed by atoms with Crippen molar-refractivity contribution in [2.24, 2.45) is 0 Å². The lowest BCUT2D eigenvalue weighted by atomic mass is 9.89. The molecule has 2 heterocycles. The Morgan fingerprint density at radius 1 is 1.21 bits per heavy atom. The number of benzene rings is 1. The Bertz CT molecular complexity index is 501. The quantitative estimate of drug-likeness (QED) is 0.766. The number of aromatic nitrogens is 2. The maximum absolute atomic E-state index is 10.2. The van der Waals surface area contributed by atoms with Crippen molar-refractivity contribution >= 4 is 0 Å². The summed E-state index contributed by atoms with van der Waals surface area (Å²) in [6.07, 6.45) is 2.78. The molecule has 0 radical (unpaired) electrons. The Labute approximate surface area is 111 Å². The Balaban J connectivity index is 1.81. The summed E-state index contributed by atoms with van der Waals surface area (Å²) in [4.78, 5) is 7.10. The molecule has 0 saturated carbocycles. The van der Waals surface area contributed by atoms with Gasteiger partial charge in [-0.2, -0.15) is 0 Å². The number of rotatable bonds is 3. The molecule has 0 spiro atoms. The van der Waals surface area contributed by atoms with Gasteiger partial charge in [-0.15, -0.1) is 0 Å². The highest BCUT2D eigenvalue weighted by Crippen LogP contribution is 2.27. The highest BCUT2D eigenvalue weighted by Gasteiger charge is 2.35. The first-order valence-corrected chi connectivity index (χ1v) is 6.43. The summed E-state index contributed by atoms with van der Waals surface area (Å²) in [6.45, 7) is 1.27. The van der Waals surface area contributed by atoms with Gasteiger partial charge in [0.15, 0.2) is 0 Å². The van der Waals surface area contributed by atoms with Crippen molar-refractivity contribution in [3.63, 3.8) is 0 Å². The second kappa shape index (κ2) is 5.42. The molecular formula is C14H17N3O2. The summed E-state index contributed by atoms with van der Waals surface area (Å²) < 4.78 is 5.99. The van der Waals surface area contributed by atoms with E-state index in [1.165, 1.54) is 0 Å². The average Bonchev–Trinajstić information content (AvgIpc) is 2.94. The molecule has 100 valence electrons. The smallest absolute Gasteiger partial charge is 0.122 e. The molecule has 1 fully saturated rings. The van der Waals surface area contributed by atoms with Crippen LogP contribution in [0.1, 0.15) is 11.6 Å². The number of piperidine rings is 1. The molecule has 3 N–H and O–H groups in total. The molecule has 3 rings (SSSR count).